The van der Waals surface area contributed by atoms with Crippen LogP contribution in [0.15, 0.2) is 18.2 Å². The number of anilines is 1. The predicted octanol–water partition coefficient (Wildman–Crippen LogP) is 3.62. The fourth-order valence-corrected chi connectivity index (χ4v) is 2.01. The number of nitrogens with one attached hydrogen (secondary N) is 1. The third-order valence-electron chi connectivity index (χ3n) is 2.98. The minimum Gasteiger partial charge on any atom is -0.497 e. The normalized spacial score (nSPS) is 12.4. The highest BCUT2D eigenvalue weighted by molar-refractivity contribution is 5.88. The van der Waals surface area contributed by atoms with Crippen molar-refractivity contribution in [3.05, 3.63) is 23.8 Å². The highest BCUT2D eigenvalue weighted by atomic mass is 16.6. The Hall–Kier alpha value is -2.24. The number of carboxylic acids is 1. The van der Waals surface area contributed by atoms with Crippen molar-refractivity contribution in [2.24, 2.45) is 0 Å². The summed E-state index contributed by atoms with van der Waals surface area (Å²) >= 11 is 0. The zero-order chi connectivity index (χ0) is 16.9. The lowest BCUT2D eigenvalue weighted by atomic mass is 9.94. The Morgan fingerprint density at radius 1 is 1.32 bits per heavy atom. The van der Waals surface area contributed by atoms with Crippen molar-refractivity contribution in [3.8, 4) is 5.75 Å². The largest absolute Gasteiger partial charge is 0.497 e. The van der Waals surface area contributed by atoms with Crippen LogP contribution >= 0.6 is 0 Å². The lowest BCUT2D eigenvalue weighted by Crippen LogP contribution is -2.28. The minimum atomic E-state index is -0.956. The molecule has 1 amide bonds. The number of carbonyl (C=O) groups is 2. The molecule has 2 N–H and O–H groups in total. The van der Waals surface area contributed by atoms with E-state index >= 15 is 0 Å². The first-order valence-corrected chi connectivity index (χ1v) is 7.08. The predicted molar refractivity (Wildman–Crippen MR) is 83.5 cm³/mol. The van der Waals surface area contributed by atoms with E-state index in [1.54, 1.807) is 45.9 Å². The van der Waals surface area contributed by atoms with E-state index in [4.69, 9.17) is 9.47 Å². The molecule has 22 heavy (non-hydrogen) atoms. The van der Waals surface area contributed by atoms with Crippen molar-refractivity contribution in [1.82, 2.24) is 0 Å². The third-order valence-corrected chi connectivity index (χ3v) is 2.98. The monoisotopic (exact) mass is 309 g/mol. The van der Waals surface area contributed by atoms with E-state index in [0.29, 0.717) is 23.4 Å². The zero-order valence-electron chi connectivity index (χ0n) is 13.6. The fraction of sp³-hybridized carbons (Fsp3) is 0.500. The van der Waals surface area contributed by atoms with Crippen LogP contribution in [0.25, 0.3) is 0 Å². The molecule has 1 unspecified atom stereocenters. The molecule has 0 aliphatic carbocycles. The van der Waals surface area contributed by atoms with E-state index in [0.717, 1.165) is 0 Å². The number of carbonyl (C=O) groups excluding carboxylic acids is 1. The maximum atomic E-state index is 11.9. The maximum absolute atomic E-state index is 11.9. The van der Waals surface area contributed by atoms with Crippen LogP contribution in [0.4, 0.5) is 10.5 Å². The number of hydrogen-bond donors (Lipinski definition) is 2. The average molecular weight is 309 g/mol. The summed E-state index contributed by atoms with van der Waals surface area (Å²) in [5.74, 6) is -1.16. The molecule has 0 saturated heterocycles. The first kappa shape index (κ1) is 17.8. The molecule has 0 aliphatic rings. The number of methoxy groups -OCH3 is 1. The van der Waals surface area contributed by atoms with Crippen molar-refractivity contribution >= 4 is 17.7 Å². The van der Waals surface area contributed by atoms with Crippen LogP contribution in [0.3, 0.4) is 0 Å². The number of amides is 1. The Bertz CT molecular complexity index is 548. The molecule has 0 fully saturated rings. The number of aliphatic carboxylic acids is 1. The molecule has 0 aliphatic heterocycles. The van der Waals surface area contributed by atoms with Crippen LogP contribution < -0.4 is 10.1 Å². The Morgan fingerprint density at radius 3 is 2.41 bits per heavy atom. The second-order valence-electron chi connectivity index (χ2n) is 5.88. The van der Waals surface area contributed by atoms with Gasteiger partial charge in [0, 0.05) is 5.69 Å². The number of rotatable bonds is 5. The van der Waals surface area contributed by atoms with E-state index in [2.05, 4.69) is 5.32 Å². The maximum Gasteiger partial charge on any atom is 0.412 e. The van der Waals surface area contributed by atoms with Crippen LogP contribution in [0.2, 0.25) is 0 Å². The molecule has 1 atom stereocenters. The Labute approximate surface area is 130 Å². The van der Waals surface area contributed by atoms with Gasteiger partial charge in [0.2, 0.25) is 0 Å². The molecule has 0 heterocycles. The van der Waals surface area contributed by atoms with Gasteiger partial charge in [0.25, 0.3) is 0 Å². The van der Waals surface area contributed by atoms with Gasteiger partial charge in [-0.25, -0.2) is 4.79 Å². The number of hydrogen-bond acceptors (Lipinski definition) is 4. The lowest BCUT2D eigenvalue weighted by molar-refractivity contribution is -0.138. The summed E-state index contributed by atoms with van der Waals surface area (Å²) in [6.45, 7) is 7.05. The van der Waals surface area contributed by atoms with Crippen LogP contribution in [0.1, 0.15) is 45.6 Å². The van der Waals surface area contributed by atoms with Gasteiger partial charge in [-0.3, -0.25) is 10.1 Å². The Balaban J connectivity index is 3.13. The molecule has 0 spiro atoms. The summed E-state index contributed by atoms with van der Waals surface area (Å²) in [5, 5.41) is 12.0. The molecule has 122 valence electrons. The molecular formula is C16H23NO5. The van der Waals surface area contributed by atoms with Crippen molar-refractivity contribution in [3.63, 3.8) is 0 Å². The van der Waals surface area contributed by atoms with Crippen molar-refractivity contribution < 1.29 is 24.2 Å². The molecule has 0 aromatic heterocycles. The van der Waals surface area contributed by atoms with Gasteiger partial charge in [-0.15, -0.1) is 0 Å². The zero-order valence-corrected chi connectivity index (χ0v) is 13.6. The summed E-state index contributed by atoms with van der Waals surface area (Å²) in [6.07, 6.45) is -0.231. The summed E-state index contributed by atoms with van der Waals surface area (Å²) in [7, 11) is 1.50. The van der Waals surface area contributed by atoms with Crippen LogP contribution in [-0.2, 0) is 9.53 Å². The molecule has 0 saturated carbocycles. The molecule has 1 aromatic rings. The van der Waals surface area contributed by atoms with Gasteiger partial charge in [-0.05, 0) is 51.0 Å². The first-order chi connectivity index (χ1) is 10.2. The molecule has 6 nitrogen and oxygen atoms in total. The van der Waals surface area contributed by atoms with Crippen LogP contribution in [0, 0.1) is 0 Å². The SMILES string of the molecule is CCC(C(=O)O)c1cc(OC)ccc1NC(=O)OC(C)(C)C. The van der Waals surface area contributed by atoms with E-state index in [1.165, 1.54) is 7.11 Å². The van der Waals surface area contributed by atoms with Gasteiger partial charge >= 0.3 is 12.1 Å². The van der Waals surface area contributed by atoms with E-state index in [-0.39, 0.29) is 0 Å². The van der Waals surface area contributed by atoms with Gasteiger partial charge in [-0.1, -0.05) is 6.92 Å². The second kappa shape index (κ2) is 7.15. The highest BCUT2D eigenvalue weighted by Gasteiger charge is 2.24. The summed E-state index contributed by atoms with van der Waals surface area (Å²) in [4.78, 5) is 23.3. The molecule has 1 rings (SSSR count). The Morgan fingerprint density at radius 2 is 1.95 bits per heavy atom. The van der Waals surface area contributed by atoms with E-state index in [1.807, 2.05) is 0 Å². The summed E-state index contributed by atoms with van der Waals surface area (Å²) < 4.78 is 10.3. The quantitative estimate of drug-likeness (QED) is 0.867. The van der Waals surface area contributed by atoms with Crippen molar-refractivity contribution in [1.29, 1.82) is 0 Å². The second-order valence-corrected chi connectivity index (χ2v) is 5.88. The van der Waals surface area contributed by atoms with Crippen molar-refractivity contribution in [2.75, 3.05) is 12.4 Å². The number of carboxylic acid groups (broad SMARTS) is 1. The molecule has 1 aromatic carbocycles. The van der Waals surface area contributed by atoms with Gasteiger partial charge < -0.3 is 14.6 Å². The van der Waals surface area contributed by atoms with Gasteiger partial charge in [-0.2, -0.15) is 0 Å². The highest BCUT2D eigenvalue weighted by Crippen LogP contribution is 2.31. The van der Waals surface area contributed by atoms with Crippen LogP contribution in [0.5, 0.6) is 5.75 Å². The summed E-state index contributed by atoms with van der Waals surface area (Å²) in [6, 6.07) is 4.89. The van der Waals surface area contributed by atoms with Crippen molar-refractivity contribution in [2.45, 2.75) is 45.6 Å². The summed E-state index contributed by atoms with van der Waals surface area (Å²) in [5.41, 5.74) is 0.262. The molecule has 0 bridgehead atoms. The molecule has 6 heteroatoms. The topological polar surface area (TPSA) is 84.9 Å². The van der Waals surface area contributed by atoms with E-state index in [9.17, 15) is 14.7 Å². The van der Waals surface area contributed by atoms with Gasteiger partial charge in [0.05, 0.1) is 13.0 Å². The van der Waals surface area contributed by atoms with Gasteiger partial charge in [0.1, 0.15) is 11.4 Å². The Kier molecular flexibility index (Phi) is 5.79. The van der Waals surface area contributed by atoms with E-state index < -0.39 is 23.6 Å². The molecular weight excluding hydrogens is 286 g/mol. The number of ether oxygens (including phenoxy) is 2. The molecule has 0 radical (unpaired) electrons. The fourth-order valence-electron chi connectivity index (χ4n) is 2.01. The van der Waals surface area contributed by atoms with Gasteiger partial charge in [0.15, 0.2) is 0 Å². The third kappa shape index (κ3) is 4.95. The lowest BCUT2D eigenvalue weighted by Gasteiger charge is -2.22. The van der Waals surface area contributed by atoms with Crippen LogP contribution in [-0.4, -0.2) is 29.9 Å². The minimum absolute atomic E-state index is 0.394. The number of benzene rings is 1. The standard InChI is InChI=1S/C16H23NO5/c1-6-11(14(18)19)12-9-10(21-5)7-8-13(12)17-15(20)22-16(2,3)4/h7-9,11H,6H2,1-5H3,(H,17,20)(H,18,19). The smallest absolute Gasteiger partial charge is 0.412 e. The first-order valence-electron chi connectivity index (χ1n) is 7.08. The average Bonchev–Trinajstić information content (AvgIpc) is 2.38.